The molecule has 7 heteroatoms. The van der Waals surface area contributed by atoms with Crippen molar-refractivity contribution in [3.63, 3.8) is 0 Å². The zero-order valence-corrected chi connectivity index (χ0v) is 17.6. The second-order valence-corrected chi connectivity index (χ2v) is 8.10. The highest BCUT2D eigenvalue weighted by molar-refractivity contribution is 9.11. The summed E-state index contributed by atoms with van der Waals surface area (Å²) in [5.41, 5.74) is 1.87. The molecule has 0 aliphatic carbocycles. The van der Waals surface area contributed by atoms with Gasteiger partial charge in [-0.2, -0.15) is 0 Å². The first-order valence-electron chi connectivity index (χ1n) is 8.48. The Bertz CT molecular complexity index is 775. The van der Waals surface area contributed by atoms with Crippen molar-refractivity contribution in [1.29, 1.82) is 0 Å². The van der Waals surface area contributed by atoms with Crippen molar-refractivity contribution >= 4 is 49.1 Å². The molecule has 2 N–H and O–H groups in total. The van der Waals surface area contributed by atoms with Gasteiger partial charge in [-0.15, -0.1) is 0 Å². The average molecular weight is 483 g/mol. The van der Waals surface area contributed by atoms with Crippen molar-refractivity contribution in [3.8, 4) is 5.75 Å². The number of phenols is 1. The van der Waals surface area contributed by atoms with Crippen molar-refractivity contribution in [3.05, 3.63) is 51.4 Å². The van der Waals surface area contributed by atoms with Gasteiger partial charge in [0.2, 0.25) is 5.91 Å². The molecule has 0 bridgehead atoms. The fraction of sp³-hybridized carbons (Fsp3) is 0.316. The normalized spacial score (nSPS) is 16.3. The van der Waals surface area contributed by atoms with E-state index >= 15 is 0 Å². The number of hydrogen-bond acceptors (Lipinski definition) is 4. The summed E-state index contributed by atoms with van der Waals surface area (Å²) in [4.78, 5) is 17.1. The largest absolute Gasteiger partial charge is 0.508 e. The van der Waals surface area contributed by atoms with Crippen LogP contribution in [0.5, 0.6) is 5.75 Å². The first kappa shape index (κ1) is 19.2. The van der Waals surface area contributed by atoms with Gasteiger partial charge in [-0.05, 0) is 65.3 Å². The highest BCUT2D eigenvalue weighted by Gasteiger charge is 2.26. The molecule has 0 aromatic heterocycles. The third-order valence-corrected chi connectivity index (χ3v) is 5.79. The minimum atomic E-state index is -0.201. The van der Waals surface area contributed by atoms with Gasteiger partial charge < -0.3 is 15.3 Å². The number of hydrogen-bond donors (Lipinski definition) is 2. The Balaban J connectivity index is 1.56. The number of anilines is 2. The highest BCUT2D eigenvalue weighted by Crippen LogP contribution is 2.26. The quantitative estimate of drug-likeness (QED) is 0.689. The average Bonchev–Trinajstić information content (AvgIpc) is 2.64. The van der Waals surface area contributed by atoms with Gasteiger partial charge in [0.05, 0.1) is 11.7 Å². The zero-order valence-electron chi connectivity index (χ0n) is 14.5. The van der Waals surface area contributed by atoms with Gasteiger partial charge in [-0.25, -0.2) is 0 Å². The predicted octanol–water partition coefficient (Wildman–Crippen LogP) is 4.07. The molecule has 1 heterocycles. The number of amides is 1. The Kier molecular flexibility index (Phi) is 6.21. The number of nitrogens with one attached hydrogen (secondary N) is 1. The second kappa shape index (κ2) is 8.41. The Morgan fingerprint density at radius 1 is 1.08 bits per heavy atom. The maximum atomic E-state index is 12.6. The third kappa shape index (κ3) is 4.58. The van der Waals surface area contributed by atoms with E-state index in [9.17, 15) is 9.90 Å². The number of halogens is 2. The van der Waals surface area contributed by atoms with Crippen molar-refractivity contribution in [2.24, 2.45) is 0 Å². The molecule has 1 atom stereocenters. The smallest absolute Gasteiger partial charge is 0.241 e. The maximum Gasteiger partial charge on any atom is 0.241 e. The van der Waals surface area contributed by atoms with Crippen LogP contribution >= 0.6 is 31.9 Å². The summed E-state index contributed by atoms with van der Waals surface area (Å²) >= 11 is 6.89. The molecule has 1 amide bonds. The van der Waals surface area contributed by atoms with E-state index in [1.54, 1.807) is 12.1 Å². The number of nitrogens with zero attached hydrogens (tertiary/aromatic N) is 2. The zero-order chi connectivity index (χ0) is 18.7. The summed E-state index contributed by atoms with van der Waals surface area (Å²) in [6, 6.07) is 12.7. The molecule has 1 unspecified atom stereocenters. The monoisotopic (exact) mass is 481 g/mol. The number of benzene rings is 2. The molecule has 138 valence electrons. The number of rotatable bonds is 4. The number of phenolic OH excluding ortho intramolecular Hbond substituents is 1. The van der Waals surface area contributed by atoms with E-state index in [1.807, 2.05) is 37.3 Å². The molecular weight excluding hydrogens is 462 g/mol. The predicted molar refractivity (Wildman–Crippen MR) is 112 cm³/mol. The second-order valence-electron chi connectivity index (χ2n) is 6.33. The summed E-state index contributed by atoms with van der Waals surface area (Å²) in [5, 5.41) is 12.4. The standard InChI is InChI=1S/C19H21Br2N3O2/c1-13(19(26)22-18-7-2-14(20)12-17(18)21)23-8-10-24(11-9-23)15-3-5-16(25)6-4-15/h2-7,12-13,25H,8-11H2,1H3,(H,22,26). The van der Waals surface area contributed by atoms with E-state index in [2.05, 4.69) is 47.0 Å². The molecule has 2 aromatic rings. The Labute approximate surface area is 170 Å². The molecule has 1 aliphatic heterocycles. The van der Waals surface area contributed by atoms with Gasteiger partial charge in [0, 0.05) is 40.8 Å². The van der Waals surface area contributed by atoms with E-state index in [1.165, 1.54) is 0 Å². The lowest BCUT2D eigenvalue weighted by Crippen LogP contribution is -2.52. The van der Waals surface area contributed by atoms with Crippen molar-refractivity contribution < 1.29 is 9.90 Å². The van der Waals surface area contributed by atoms with E-state index in [4.69, 9.17) is 0 Å². The van der Waals surface area contributed by atoms with Crippen molar-refractivity contribution in [1.82, 2.24) is 4.90 Å². The summed E-state index contributed by atoms with van der Waals surface area (Å²) in [6.07, 6.45) is 0. The first-order chi connectivity index (χ1) is 12.4. The lowest BCUT2D eigenvalue weighted by molar-refractivity contribution is -0.120. The van der Waals surface area contributed by atoms with Crippen molar-refractivity contribution in [2.45, 2.75) is 13.0 Å². The summed E-state index contributed by atoms with van der Waals surface area (Å²) < 4.78 is 1.81. The van der Waals surface area contributed by atoms with Gasteiger partial charge in [0.25, 0.3) is 0 Å². The summed E-state index contributed by atoms with van der Waals surface area (Å²) in [6.45, 7) is 5.28. The number of carbonyl (C=O) groups excluding carboxylic acids is 1. The van der Waals surface area contributed by atoms with Crippen LogP contribution in [0.2, 0.25) is 0 Å². The van der Waals surface area contributed by atoms with E-state index < -0.39 is 0 Å². The molecular formula is C19H21Br2N3O2. The topological polar surface area (TPSA) is 55.8 Å². The summed E-state index contributed by atoms with van der Waals surface area (Å²) in [5.74, 6) is 0.267. The number of piperazine rings is 1. The molecule has 0 saturated carbocycles. The van der Waals surface area contributed by atoms with Gasteiger partial charge in [-0.3, -0.25) is 9.69 Å². The van der Waals surface area contributed by atoms with Crippen molar-refractivity contribution in [2.75, 3.05) is 36.4 Å². The first-order valence-corrected chi connectivity index (χ1v) is 10.1. The Hall–Kier alpha value is -1.57. The third-order valence-electron chi connectivity index (χ3n) is 4.65. The fourth-order valence-electron chi connectivity index (χ4n) is 3.02. The molecule has 26 heavy (non-hydrogen) atoms. The Morgan fingerprint density at radius 2 is 1.73 bits per heavy atom. The van der Waals surface area contributed by atoms with Gasteiger partial charge in [0.1, 0.15) is 5.75 Å². The maximum absolute atomic E-state index is 12.6. The van der Waals surface area contributed by atoms with Crippen LogP contribution in [0.1, 0.15) is 6.92 Å². The lowest BCUT2D eigenvalue weighted by atomic mass is 10.2. The summed E-state index contributed by atoms with van der Waals surface area (Å²) in [7, 11) is 0. The van der Waals surface area contributed by atoms with Crippen LogP contribution in [-0.2, 0) is 4.79 Å². The van der Waals surface area contributed by atoms with E-state index in [0.717, 1.165) is 46.5 Å². The van der Waals surface area contributed by atoms with Gasteiger partial charge in [-0.1, -0.05) is 15.9 Å². The molecule has 0 spiro atoms. The minimum absolute atomic E-state index is 0.00824. The number of carbonyl (C=O) groups is 1. The molecule has 1 aliphatic rings. The molecule has 0 radical (unpaired) electrons. The molecule has 5 nitrogen and oxygen atoms in total. The highest BCUT2D eigenvalue weighted by atomic mass is 79.9. The van der Waals surface area contributed by atoms with Crippen LogP contribution in [0.15, 0.2) is 51.4 Å². The molecule has 2 aromatic carbocycles. The van der Waals surface area contributed by atoms with Crippen LogP contribution in [0.4, 0.5) is 11.4 Å². The molecule has 1 fully saturated rings. The van der Waals surface area contributed by atoms with E-state index in [-0.39, 0.29) is 17.7 Å². The van der Waals surface area contributed by atoms with Gasteiger partial charge >= 0.3 is 0 Å². The van der Waals surface area contributed by atoms with Gasteiger partial charge in [0.15, 0.2) is 0 Å². The fourth-order valence-corrected chi connectivity index (χ4v) is 4.17. The van der Waals surface area contributed by atoms with Crippen LogP contribution < -0.4 is 10.2 Å². The van der Waals surface area contributed by atoms with Crippen LogP contribution in [0, 0.1) is 0 Å². The van der Waals surface area contributed by atoms with Crippen LogP contribution in [0.25, 0.3) is 0 Å². The SMILES string of the molecule is CC(C(=O)Nc1ccc(Br)cc1Br)N1CCN(c2ccc(O)cc2)CC1. The molecule has 3 rings (SSSR count). The van der Waals surface area contributed by atoms with Crippen LogP contribution in [-0.4, -0.2) is 48.1 Å². The minimum Gasteiger partial charge on any atom is -0.508 e. The lowest BCUT2D eigenvalue weighted by Gasteiger charge is -2.38. The Morgan fingerprint density at radius 3 is 2.35 bits per heavy atom. The van der Waals surface area contributed by atoms with Crippen LogP contribution in [0.3, 0.4) is 0 Å². The molecule has 1 saturated heterocycles. The van der Waals surface area contributed by atoms with E-state index in [0.29, 0.717) is 0 Å². The number of aromatic hydroxyl groups is 1.